The number of rotatable bonds is 12. The number of halogens is 3. The fourth-order valence-corrected chi connectivity index (χ4v) is 6.65. The Kier molecular flexibility index (Phi) is 10.1. The molecule has 0 saturated carbocycles. The zero-order valence-electron chi connectivity index (χ0n) is 27.7. The van der Waals surface area contributed by atoms with Crippen molar-refractivity contribution in [2.75, 3.05) is 20.2 Å². The predicted octanol–water partition coefficient (Wildman–Crippen LogP) is 5.95. The SMILES string of the molecule is COc1nc(-c2cccc(-c3cccc(-c4cc5c(=O)n(C)c(CNCC(C)(C)F)nn5c4)c3Cl)c2Cl)ccc1CNC[C@@H]1CCC(=O)N1. The Labute approximate surface area is 293 Å². The summed E-state index contributed by atoms with van der Waals surface area (Å²) in [6.45, 7) is 4.53. The summed E-state index contributed by atoms with van der Waals surface area (Å²) in [5, 5.41) is 14.9. The van der Waals surface area contributed by atoms with Crippen molar-refractivity contribution in [2.45, 2.75) is 51.5 Å². The Morgan fingerprint density at radius 1 is 1.00 bits per heavy atom. The number of amides is 1. The topological polar surface area (TPSA) is 115 Å². The van der Waals surface area contributed by atoms with Crippen LogP contribution in [0.5, 0.6) is 5.88 Å². The van der Waals surface area contributed by atoms with Crippen LogP contribution in [0.15, 0.2) is 65.6 Å². The van der Waals surface area contributed by atoms with Gasteiger partial charge in [-0.05, 0) is 32.4 Å². The number of carbonyl (C=O) groups excluding carboxylic acids is 1. The third-order valence-corrected chi connectivity index (χ3v) is 9.38. The molecule has 1 atom stereocenters. The summed E-state index contributed by atoms with van der Waals surface area (Å²) in [5.41, 5.74) is 3.86. The van der Waals surface area contributed by atoms with E-state index >= 15 is 0 Å². The minimum Gasteiger partial charge on any atom is -0.481 e. The van der Waals surface area contributed by atoms with Crippen molar-refractivity contribution >= 4 is 34.6 Å². The van der Waals surface area contributed by atoms with Crippen LogP contribution in [0.2, 0.25) is 10.0 Å². The van der Waals surface area contributed by atoms with Crippen LogP contribution in [-0.4, -0.2) is 57.0 Å². The van der Waals surface area contributed by atoms with Gasteiger partial charge >= 0.3 is 0 Å². The molecule has 10 nitrogen and oxygen atoms in total. The molecule has 13 heteroatoms. The van der Waals surface area contributed by atoms with Gasteiger partial charge in [0.25, 0.3) is 5.56 Å². The van der Waals surface area contributed by atoms with E-state index in [-0.39, 0.29) is 30.6 Å². The van der Waals surface area contributed by atoms with E-state index in [9.17, 15) is 14.0 Å². The third kappa shape index (κ3) is 7.50. The van der Waals surface area contributed by atoms with E-state index in [4.69, 9.17) is 32.9 Å². The molecule has 0 radical (unpaired) electrons. The number of nitrogens with zero attached hydrogens (tertiary/aromatic N) is 4. The molecule has 0 spiro atoms. The molecule has 2 aromatic carbocycles. The molecule has 4 heterocycles. The average Bonchev–Trinajstić information content (AvgIpc) is 3.69. The van der Waals surface area contributed by atoms with Crippen LogP contribution in [0.1, 0.15) is 38.1 Å². The van der Waals surface area contributed by atoms with Crippen molar-refractivity contribution < 1.29 is 13.9 Å². The maximum Gasteiger partial charge on any atom is 0.277 e. The van der Waals surface area contributed by atoms with E-state index in [1.807, 2.05) is 48.5 Å². The number of carbonyl (C=O) groups is 1. The van der Waals surface area contributed by atoms with Crippen molar-refractivity contribution in [3.63, 3.8) is 0 Å². The lowest BCUT2D eigenvalue weighted by Gasteiger charge is -2.15. The molecular weight excluding hydrogens is 668 g/mol. The van der Waals surface area contributed by atoms with Crippen LogP contribution in [-0.2, 0) is 24.9 Å². The number of aromatic nitrogens is 4. The lowest BCUT2D eigenvalue weighted by Crippen LogP contribution is -2.35. The Morgan fingerprint density at radius 3 is 2.37 bits per heavy atom. The molecule has 1 aliphatic heterocycles. The van der Waals surface area contributed by atoms with Gasteiger partial charge in [-0.3, -0.25) is 14.2 Å². The highest BCUT2D eigenvalue weighted by Gasteiger charge is 2.22. The molecule has 0 unspecified atom stereocenters. The molecule has 1 saturated heterocycles. The number of fused-ring (bicyclic) bond motifs is 1. The van der Waals surface area contributed by atoms with Gasteiger partial charge in [-0.1, -0.05) is 65.7 Å². The van der Waals surface area contributed by atoms with E-state index < -0.39 is 5.67 Å². The van der Waals surface area contributed by atoms with Gasteiger partial charge in [0.2, 0.25) is 11.8 Å². The minimum absolute atomic E-state index is 0.0878. The van der Waals surface area contributed by atoms with Crippen LogP contribution in [0.25, 0.3) is 39.0 Å². The highest BCUT2D eigenvalue weighted by Crippen LogP contribution is 2.42. The van der Waals surface area contributed by atoms with Crippen molar-refractivity contribution in [1.82, 2.24) is 35.1 Å². The van der Waals surface area contributed by atoms with E-state index in [1.165, 1.54) is 22.9 Å². The molecule has 1 aliphatic rings. The van der Waals surface area contributed by atoms with Gasteiger partial charge in [-0.2, -0.15) is 5.10 Å². The number of methoxy groups -OCH3 is 1. The van der Waals surface area contributed by atoms with Crippen LogP contribution in [0, 0.1) is 0 Å². The normalized spacial score (nSPS) is 14.8. The predicted molar refractivity (Wildman–Crippen MR) is 191 cm³/mol. The molecule has 49 heavy (non-hydrogen) atoms. The second kappa shape index (κ2) is 14.3. The summed E-state index contributed by atoms with van der Waals surface area (Å²) >= 11 is 14.1. The number of hydrogen-bond donors (Lipinski definition) is 3. The van der Waals surface area contributed by atoms with E-state index in [0.29, 0.717) is 74.7 Å². The number of hydrogen-bond acceptors (Lipinski definition) is 7. The lowest BCUT2D eigenvalue weighted by atomic mass is 9.97. The molecule has 0 aliphatic carbocycles. The van der Waals surface area contributed by atoms with Crippen LogP contribution in [0.3, 0.4) is 0 Å². The zero-order valence-corrected chi connectivity index (χ0v) is 29.3. The van der Waals surface area contributed by atoms with E-state index in [2.05, 4.69) is 21.0 Å². The van der Waals surface area contributed by atoms with Crippen molar-refractivity contribution in [3.8, 4) is 39.4 Å². The summed E-state index contributed by atoms with van der Waals surface area (Å²) in [7, 11) is 3.23. The van der Waals surface area contributed by atoms with Crippen LogP contribution in [0.4, 0.5) is 4.39 Å². The number of pyridine rings is 1. The third-order valence-electron chi connectivity index (χ3n) is 8.56. The van der Waals surface area contributed by atoms with E-state index in [1.54, 1.807) is 26.4 Å². The van der Waals surface area contributed by atoms with Gasteiger partial charge in [0.15, 0.2) is 0 Å². The van der Waals surface area contributed by atoms with Crippen LogP contribution < -0.4 is 26.2 Å². The average molecular weight is 707 g/mol. The van der Waals surface area contributed by atoms with Crippen molar-refractivity contribution in [2.24, 2.45) is 7.05 Å². The first-order valence-electron chi connectivity index (χ1n) is 16.0. The molecule has 256 valence electrons. The molecule has 1 fully saturated rings. The smallest absolute Gasteiger partial charge is 0.277 e. The molecule has 3 aromatic heterocycles. The Morgan fingerprint density at radius 2 is 1.69 bits per heavy atom. The van der Waals surface area contributed by atoms with Gasteiger partial charge < -0.3 is 20.7 Å². The molecular formula is C36H38Cl2FN7O3. The molecule has 5 aromatic rings. The summed E-state index contributed by atoms with van der Waals surface area (Å²) in [6.07, 6.45) is 3.15. The number of nitrogens with one attached hydrogen (secondary N) is 3. The second-order valence-electron chi connectivity index (χ2n) is 12.8. The first-order valence-corrected chi connectivity index (χ1v) is 16.8. The van der Waals surface area contributed by atoms with Gasteiger partial charge in [-0.15, -0.1) is 0 Å². The molecule has 0 bridgehead atoms. The summed E-state index contributed by atoms with van der Waals surface area (Å²) < 4.78 is 22.6. The minimum atomic E-state index is -1.39. The van der Waals surface area contributed by atoms with Gasteiger partial charge in [-0.25, -0.2) is 13.9 Å². The molecule has 3 N–H and O–H groups in total. The molecule has 1 amide bonds. The maximum atomic E-state index is 14.0. The zero-order chi connectivity index (χ0) is 34.9. The van der Waals surface area contributed by atoms with E-state index in [0.717, 1.165) is 17.5 Å². The van der Waals surface area contributed by atoms with Crippen LogP contribution >= 0.6 is 23.2 Å². The standard InChI is InChI=1S/C36H38Cl2FN7O3/c1-36(2,39)20-41-18-30-44-46-19-22(15-29(46)35(48)45(30)3)24-7-5-8-25(32(24)37)26-9-6-10-27(33(26)38)28-13-11-21(34(43-28)49-4)16-40-17-23-12-14-31(47)42-23/h5-11,13,15,19,23,40-41H,12,14,16-18,20H2,1-4H3,(H,42,47)/t23-/m0/s1. The highest BCUT2D eigenvalue weighted by atomic mass is 35.5. The second-order valence-corrected chi connectivity index (χ2v) is 13.6. The highest BCUT2D eigenvalue weighted by molar-refractivity contribution is 6.39. The number of benzene rings is 2. The summed E-state index contributed by atoms with van der Waals surface area (Å²) in [4.78, 5) is 29.5. The number of alkyl halides is 1. The van der Waals surface area contributed by atoms with Crippen molar-refractivity contribution in [3.05, 3.63) is 92.6 Å². The Balaban J connectivity index is 1.27. The van der Waals surface area contributed by atoms with Gasteiger partial charge in [0.1, 0.15) is 17.0 Å². The van der Waals surface area contributed by atoms with Gasteiger partial charge in [0, 0.05) is 78.7 Å². The first kappa shape index (κ1) is 34.6. The number of ether oxygens (including phenoxy) is 1. The van der Waals surface area contributed by atoms with Crippen molar-refractivity contribution in [1.29, 1.82) is 0 Å². The summed E-state index contributed by atoms with van der Waals surface area (Å²) in [6, 6.07) is 17.1. The van der Waals surface area contributed by atoms with Gasteiger partial charge in [0.05, 0.1) is 29.4 Å². The Bertz CT molecular complexity index is 2090. The Hall–Kier alpha value is -4.29. The fraction of sp³-hybridized carbons (Fsp3) is 0.333. The monoisotopic (exact) mass is 705 g/mol. The quantitative estimate of drug-likeness (QED) is 0.147. The summed E-state index contributed by atoms with van der Waals surface area (Å²) in [5.74, 6) is 1.04. The lowest BCUT2D eigenvalue weighted by molar-refractivity contribution is -0.119. The largest absolute Gasteiger partial charge is 0.481 e. The maximum absolute atomic E-state index is 14.0. The fourth-order valence-electron chi connectivity index (χ4n) is 5.99. The first-order chi connectivity index (χ1) is 23.4. The molecule has 6 rings (SSSR count).